The van der Waals surface area contributed by atoms with Crippen molar-refractivity contribution in [3.8, 4) is 29.1 Å². The minimum absolute atomic E-state index is 0.0140. The van der Waals surface area contributed by atoms with Gasteiger partial charge >= 0.3 is 6.01 Å². The van der Waals surface area contributed by atoms with Crippen LogP contribution in [0, 0.1) is 0 Å². The summed E-state index contributed by atoms with van der Waals surface area (Å²) < 4.78 is 19.0. The van der Waals surface area contributed by atoms with E-state index in [0.717, 1.165) is 5.56 Å². The molecule has 0 saturated heterocycles. The largest absolute Gasteiger partial charge is 0.497 e. The van der Waals surface area contributed by atoms with Gasteiger partial charge in [-0.25, -0.2) is 4.57 Å². The third-order valence-electron chi connectivity index (χ3n) is 6.73. The van der Waals surface area contributed by atoms with Crippen LogP contribution in [0.1, 0.15) is 36.3 Å². The molecule has 0 N–H and O–H groups in total. The molecule has 0 bridgehead atoms. The van der Waals surface area contributed by atoms with Crippen LogP contribution in [0.5, 0.6) is 23.4 Å². The van der Waals surface area contributed by atoms with Crippen molar-refractivity contribution in [2.24, 2.45) is 0 Å². The summed E-state index contributed by atoms with van der Waals surface area (Å²) in [6, 6.07) is 23.4. The number of benzene rings is 3. The minimum atomic E-state index is -0.604. The average molecular weight is 527 g/mol. The predicted molar refractivity (Wildman–Crippen MR) is 143 cm³/mol. The summed E-state index contributed by atoms with van der Waals surface area (Å²) in [6.45, 7) is 0. The first-order valence-electron chi connectivity index (χ1n) is 12.3. The van der Waals surface area contributed by atoms with E-state index in [1.54, 1.807) is 55.6 Å². The number of fused-ring (bicyclic) bond motifs is 1. The topological polar surface area (TPSA) is 79.7 Å². The number of allylic oxidation sites excluding steroid dienone is 2. The third-order valence-corrected chi connectivity index (χ3v) is 6.98. The molecule has 1 atom stereocenters. The predicted octanol–water partition coefficient (Wildman–Crippen LogP) is 6.22. The summed E-state index contributed by atoms with van der Waals surface area (Å²) in [5.74, 6) is 1.11. The van der Waals surface area contributed by atoms with Crippen molar-refractivity contribution in [3.05, 3.63) is 117 Å². The molecule has 2 heterocycles. The molecule has 0 amide bonds. The Bertz CT molecular complexity index is 1630. The van der Waals surface area contributed by atoms with Gasteiger partial charge in [-0.05, 0) is 48.4 Å². The molecule has 6 rings (SSSR count). The molecule has 3 aromatic carbocycles. The van der Waals surface area contributed by atoms with E-state index < -0.39 is 11.5 Å². The molecular weight excluding hydrogens is 504 g/mol. The molecule has 2 aliphatic rings. The Hall–Kier alpha value is -4.36. The van der Waals surface area contributed by atoms with E-state index in [-0.39, 0.29) is 23.2 Å². The Balaban J connectivity index is 1.60. The SMILES string of the molecule is COc1cccc(Oc2nc3c(c(=O)n2-c2ccc(Cl)cc2)C(c2ccccc2)C2=C(CCCC2=O)O3)c1. The van der Waals surface area contributed by atoms with Crippen LogP contribution in [-0.4, -0.2) is 22.4 Å². The maximum absolute atomic E-state index is 14.4. The second-order valence-electron chi connectivity index (χ2n) is 9.07. The van der Waals surface area contributed by atoms with Crippen molar-refractivity contribution >= 4 is 17.4 Å². The maximum atomic E-state index is 14.4. The van der Waals surface area contributed by atoms with Crippen LogP contribution in [0.4, 0.5) is 0 Å². The Morgan fingerprint density at radius 2 is 1.71 bits per heavy atom. The monoisotopic (exact) mass is 526 g/mol. The first-order valence-corrected chi connectivity index (χ1v) is 12.6. The number of hydrogen-bond acceptors (Lipinski definition) is 6. The quantitative estimate of drug-likeness (QED) is 0.307. The molecule has 190 valence electrons. The molecule has 1 unspecified atom stereocenters. The Labute approximate surface area is 223 Å². The number of aromatic nitrogens is 2. The van der Waals surface area contributed by atoms with E-state index in [0.29, 0.717) is 52.8 Å². The lowest BCUT2D eigenvalue weighted by molar-refractivity contribution is -0.116. The zero-order chi connectivity index (χ0) is 26.2. The second-order valence-corrected chi connectivity index (χ2v) is 9.51. The highest BCUT2D eigenvalue weighted by Gasteiger charge is 2.40. The molecule has 38 heavy (non-hydrogen) atoms. The standard InChI is InChI=1S/C30H23ClN2O5/c1-36-21-9-5-10-22(17-21)37-30-32-28-27(29(35)33(30)20-15-13-19(31)14-16-20)25(18-7-3-2-4-8-18)26-23(34)11-6-12-24(26)38-28/h2-5,7-10,13-17,25H,6,11-12H2,1H3. The summed E-state index contributed by atoms with van der Waals surface area (Å²) in [5.41, 5.74) is 1.75. The van der Waals surface area contributed by atoms with Crippen LogP contribution < -0.4 is 19.8 Å². The molecule has 7 nitrogen and oxygen atoms in total. The van der Waals surface area contributed by atoms with Crippen molar-refractivity contribution in [1.29, 1.82) is 0 Å². The number of ether oxygens (including phenoxy) is 3. The number of methoxy groups -OCH3 is 1. The second kappa shape index (κ2) is 9.84. The lowest BCUT2D eigenvalue weighted by atomic mass is 9.78. The summed E-state index contributed by atoms with van der Waals surface area (Å²) in [6.07, 6.45) is 1.69. The van der Waals surface area contributed by atoms with Crippen molar-refractivity contribution in [3.63, 3.8) is 0 Å². The number of halogens is 1. The van der Waals surface area contributed by atoms with Gasteiger partial charge in [0.15, 0.2) is 5.78 Å². The van der Waals surface area contributed by atoms with Gasteiger partial charge in [-0.1, -0.05) is 48.0 Å². The van der Waals surface area contributed by atoms with Gasteiger partial charge in [-0.15, -0.1) is 0 Å². The number of hydrogen-bond donors (Lipinski definition) is 0. The first kappa shape index (κ1) is 24.0. The van der Waals surface area contributed by atoms with Gasteiger partial charge in [0.05, 0.1) is 24.3 Å². The van der Waals surface area contributed by atoms with Crippen LogP contribution in [0.15, 0.2) is 95.0 Å². The summed E-state index contributed by atoms with van der Waals surface area (Å²) in [4.78, 5) is 32.3. The van der Waals surface area contributed by atoms with Gasteiger partial charge in [0.1, 0.15) is 17.3 Å². The van der Waals surface area contributed by atoms with Crippen LogP contribution in [0.25, 0.3) is 5.69 Å². The fraction of sp³-hybridized carbons (Fsp3) is 0.167. The summed E-state index contributed by atoms with van der Waals surface area (Å²) >= 11 is 6.14. The minimum Gasteiger partial charge on any atom is -0.497 e. The van der Waals surface area contributed by atoms with Crippen molar-refractivity contribution < 1.29 is 19.0 Å². The van der Waals surface area contributed by atoms with Gasteiger partial charge in [0.25, 0.3) is 5.56 Å². The number of ketones is 1. The molecule has 8 heteroatoms. The molecule has 1 aromatic heterocycles. The lowest BCUT2D eigenvalue weighted by Crippen LogP contribution is -2.34. The molecule has 0 fully saturated rings. The molecular formula is C30H23ClN2O5. The van der Waals surface area contributed by atoms with E-state index in [4.69, 9.17) is 30.8 Å². The Morgan fingerprint density at radius 3 is 2.47 bits per heavy atom. The fourth-order valence-corrected chi connectivity index (χ4v) is 5.11. The number of Topliss-reactive ketones (excluding diaryl/α,β-unsaturated/α-hetero) is 1. The number of carbonyl (C=O) groups is 1. The number of carbonyl (C=O) groups excluding carboxylic acids is 1. The van der Waals surface area contributed by atoms with Gasteiger partial charge < -0.3 is 14.2 Å². The van der Waals surface area contributed by atoms with Crippen molar-refractivity contribution in [1.82, 2.24) is 9.55 Å². The van der Waals surface area contributed by atoms with E-state index in [1.165, 1.54) is 4.57 Å². The lowest BCUT2D eigenvalue weighted by Gasteiger charge is -2.32. The molecule has 0 radical (unpaired) electrons. The molecule has 1 aliphatic carbocycles. The normalized spacial score (nSPS) is 16.4. The number of rotatable bonds is 5. The molecule has 0 spiro atoms. The van der Waals surface area contributed by atoms with Gasteiger partial charge in [0.2, 0.25) is 5.88 Å². The van der Waals surface area contributed by atoms with E-state index in [9.17, 15) is 9.59 Å². The zero-order valence-corrected chi connectivity index (χ0v) is 21.3. The Morgan fingerprint density at radius 1 is 0.947 bits per heavy atom. The smallest absolute Gasteiger partial charge is 0.312 e. The van der Waals surface area contributed by atoms with Crippen molar-refractivity contribution in [2.45, 2.75) is 25.2 Å². The van der Waals surface area contributed by atoms with E-state index in [1.807, 2.05) is 30.3 Å². The Kier molecular flexibility index (Phi) is 6.21. The number of nitrogens with zero attached hydrogens (tertiary/aromatic N) is 2. The van der Waals surface area contributed by atoms with Gasteiger partial charge in [-0.2, -0.15) is 4.98 Å². The maximum Gasteiger partial charge on any atom is 0.312 e. The third kappa shape index (κ3) is 4.25. The molecule has 0 saturated carbocycles. The highest BCUT2D eigenvalue weighted by molar-refractivity contribution is 6.30. The van der Waals surface area contributed by atoms with Crippen LogP contribution in [-0.2, 0) is 4.79 Å². The van der Waals surface area contributed by atoms with Gasteiger partial charge in [0, 0.05) is 29.5 Å². The van der Waals surface area contributed by atoms with Crippen LogP contribution in [0.2, 0.25) is 5.02 Å². The van der Waals surface area contributed by atoms with Crippen LogP contribution >= 0.6 is 11.6 Å². The van der Waals surface area contributed by atoms with Gasteiger partial charge in [-0.3, -0.25) is 9.59 Å². The van der Waals surface area contributed by atoms with Crippen molar-refractivity contribution in [2.75, 3.05) is 7.11 Å². The van der Waals surface area contributed by atoms with E-state index in [2.05, 4.69) is 0 Å². The average Bonchev–Trinajstić information content (AvgIpc) is 2.94. The molecule has 1 aliphatic heterocycles. The highest BCUT2D eigenvalue weighted by atomic mass is 35.5. The highest BCUT2D eigenvalue weighted by Crippen LogP contribution is 2.45. The summed E-state index contributed by atoms with van der Waals surface area (Å²) in [5, 5.41) is 0.524. The fourth-order valence-electron chi connectivity index (χ4n) is 4.98. The first-order chi connectivity index (χ1) is 18.5. The zero-order valence-electron chi connectivity index (χ0n) is 20.5. The van der Waals surface area contributed by atoms with E-state index >= 15 is 0 Å². The molecule has 4 aromatic rings. The summed E-state index contributed by atoms with van der Waals surface area (Å²) in [7, 11) is 1.56. The van der Waals surface area contributed by atoms with Crippen LogP contribution in [0.3, 0.4) is 0 Å².